The van der Waals surface area contributed by atoms with Gasteiger partial charge in [-0.3, -0.25) is 14.6 Å². The van der Waals surface area contributed by atoms with E-state index in [1.807, 2.05) is 11.8 Å². The van der Waals surface area contributed by atoms with E-state index in [0.29, 0.717) is 24.3 Å². The van der Waals surface area contributed by atoms with Crippen LogP contribution in [0.3, 0.4) is 0 Å². The van der Waals surface area contributed by atoms with Crippen molar-refractivity contribution in [3.8, 4) is 0 Å². The Morgan fingerprint density at radius 2 is 2.14 bits per heavy atom. The summed E-state index contributed by atoms with van der Waals surface area (Å²) in [5.74, 6) is -0.419. The monoisotopic (exact) mass is 308 g/mol. The summed E-state index contributed by atoms with van der Waals surface area (Å²) < 4.78 is 0. The molecule has 1 heterocycles. The first-order chi connectivity index (χ1) is 10.4. The topological polar surface area (TPSA) is 92.8 Å². The maximum absolute atomic E-state index is 12.1. The van der Waals surface area contributed by atoms with Crippen molar-refractivity contribution in [1.29, 1.82) is 0 Å². The van der Waals surface area contributed by atoms with Gasteiger partial charge in [0.2, 0.25) is 11.8 Å². The molecule has 0 saturated heterocycles. The van der Waals surface area contributed by atoms with Crippen molar-refractivity contribution in [1.82, 2.24) is 15.2 Å². The van der Waals surface area contributed by atoms with E-state index in [2.05, 4.69) is 24.4 Å². The summed E-state index contributed by atoms with van der Waals surface area (Å²) in [5.41, 5.74) is 6.33. The molecular weight excluding hydrogens is 282 g/mol. The lowest BCUT2D eigenvalue weighted by Crippen LogP contribution is -3.06. The molecule has 1 aromatic heterocycles. The number of primary amides is 1. The van der Waals surface area contributed by atoms with Gasteiger partial charge in [-0.2, -0.15) is 0 Å². The maximum atomic E-state index is 12.1. The molecule has 7 nitrogen and oxygen atoms in total. The molecule has 1 aromatic rings. The molecule has 0 unspecified atom stereocenters. The summed E-state index contributed by atoms with van der Waals surface area (Å²) >= 11 is 0. The third-order valence-corrected chi connectivity index (χ3v) is 3.30. The van der Waals surface area contributed by atoms with Crippen LogP contribution < -0.4 is 16.0 Å². The van der Waals surface area contributed by atoms with Crippen LogP contribution in [0.5, 0.6) is 0 Å². The van der Waals surface area contributed by atoms with Gasteiger partial charge in [-0.05, 0) is 19.1 Å². The van der Waals surface area contributed by atoms with Crippen LogP contribution in [0.2, 0.25) is 0 Å². The van der Waals surface area contributed by atoms with Crippen LogP contribution in [0, 0.1) is 0 Å². The van der Waals surface area contributed by atoms with Crippen LogP contribution in [0.4, 0.5) is 0 Å². The van der Waals surface area contributed by atoms with Gasteiger partial charge in [-0.1, -0.05) is 0 Å². The summed E-state index contributed by atoms with van der Waals surface area (Å²) in [6.45, 7) is 5.00. The minimum absolute atomic E-state index is 0.0646. The highest BCUT2D eigenvalue weighted by Gasteiger charge is 2.12. The van der Waals surface area contributed by atoms with Crippen molar-refractivity contribution in [2.24, 2.45) is 5.73 Å². The van der Waals surface area contributed by atoms with E-state index < -0.39 is 5.91 Å². The van der Waals surface area contributed by atoms with Crippen LogP contribution in [0.25, 0.3) is 0 Å². The summed E-state index contributed by atoms with van der Waals surface area (Å²) in [7, 11) is 4.13. The molecule has 0 aromatic carbocycles. The molecular formula is C15H26N5O2+. The molecule has 22 heavy (non-hydrogen) atoms. The number of nitrogens with zero attached hydrogens (tertiary/aromatic N) is 2. The number of amides is 2. The van der Waals surface area contributed by atoms with Crippen LogP contribution in [0.1, 0.15) is 23.0 Å². The number of nitrogens with one attached hydrogen (secondary N) is 2. The minimum atomic E-state index is -0.483. The minimum Gasteiger partial charge on any atom is -0.366 e. The fourth-order valence-electron chi connectivity index (χ4n) is 1.96. The zero-order valence-electron chi connectivity index (χ0n) is 13.6. The van der Waals surface area contributed by atoms with E-state index in [9.17, 15) is 9.59 Å². The van der Waals surface area contributed by atoms with Gasteiger partial charge in [-0.15, -0.1) is 0 Å². The van der Waals surface area contributed by atoms with Gasteiger partial charge < -0.3 is 20.9 Å². The van der Waals surface area contributed by atoms with Crippen molar-refractivity contribution in [3.63, 3.8) is 0 Å². The van der Waals surface area contributed by atoms with E-state index in [-0.39, 0.29) is 12.5 Å². The third-order valence-electron chi connectivity index (χ3n) is 3.30. The van der Waals surface area contributed by atoms with Crippen molar-refractivity contribution < 1.29 is 14.5 Å². The van der Waals surface area contributed by atoms with Gasteiger partial charge >= 0.3 is 0 Å². The molecule has 0 fully saturated rings. The van der Waals surface area contributed by atoms with E-state index in [4.69, 9.17) is 5.73 Å². The molecule has 0 atom stereocenters. The van der Waals surface area contributed by atoms with Crippen molar-refractivity contribution in [3.05, 3.63) is 29.6 Å². The number of carbonyl (C=O) groups is 2. The standard InChI is InChI=1S/C15H25N5O2/c1-4-20(8-7-19(2)3)14(21)11-17-10-13-9-12(15(16)22)5-6-18-13/h5-6,9,17H,4,7-8,10-11H2,1-3H3,(H2,16,22)/p+1. The Balaban J connectivity index is 2.43. The largest absolute Gasteiger partial charge is 0.366 e. The highest BCUT2D eigenvalue weighted by molar-refractivity contribution is 5.92. The zero-order valence-corrected chi connectivity index (χ0v) is 13.6. The molecule has 0 radical (unpaired) electrons. The highest BCUT2D eigenvalue weighted by atomic mass is 16.2. The molecule has 7 heteroatoms. The first kappa shape index (κ1) is 18.1. The Kier molecular flexibility index (Phi) is 7.48. The maximum Gasteiger partial charge on any atom is 0.248 e. The smallest absolute Gasteiger partial charge is 0.248 e. The van der Waals surface area contributed by atoms with Crippen LogP contribution in [0.15, 0.2) is 18.3 Å². The molecule has 2 amide bonds. The molecule has 4 N–H and O–H groups in total. The first-order valence-corrected chi connectivity index (χ1v) is 7.46. The number of hydrogen-bond acceptors (Lipinski definition) is 4. The van der Waals surface area contributed by atoms with E-state index in [1.165, 1.54) is 11.1 Å². The second-order valence-electron chi connectivity index (χ2n) is 5.43. The molecule has 0 saturated carbocycles. The molecule has 0 aliphatic rings. The lowest BCUT2D eigenvalue weighted by atomic mass is 10.2. The lowest BCUT2D eigenvalue weighted by molar-refractivity contribution is -0.857. The molecule has 0 aliphatic carbocycles. The van der Waals surface area contributed by atoms with Gasteiger partial charge in [-0.25, -0.2) is 0 Å². The van der Waals surface area contributed by atoms with E-state index >= 15 is 0 Å². The number of hydrogen-bond donors (Lipinski definition) is 3. The number of carbonyl (C=O) groups excluding carboxylic acids is 2. The molecule has 0 spiro atoms. The second-order valence-corrected chi connectivity index (χ2v) is 5.43. The first-order valence-electron chi connectivity index (χ1n) is 7.46. The van der Waals surface area contributed by atoms with E-state index in [0.717, 1.165) is 13.1 Å². The van der Waals surface area contributed by atoms with Gasteiger partial charge in [0.25, 0.3) is 0 Å². The fraction of sp³-hybridized carbons (Fsp3) is 0.533. The highest BCUT2D eigenvalue weighted by Crippen LogP contribution is 2.00. The van der Waals surface area contributed by atoms with Crippen LogP contribution in [-0.4, -0.2) is 62.0 Å². The fourth-order valence-corrected chi connectivity index (χ4v) is 1.96. The van der Waals surface area contributed by atoms with E-state index in [1.54, 1.807) is 12.1 Å². The number of pyridine rings is 1. The molecule has 0 aliphatic heterocycles. The second kappa shape index (κ2) is 9.11. The van der Waals surface area contributed by atoms with Gasteiger partial charge in [0.1, 0.15) is 0 Å². The summed E-state index contributed by atoms with van der Waals surface area (Å²) in [5, 5.41) is 3.06. The number of likely N-dealkylation sites (N-methyl/N-ethyl adjacent to an activating group) is 2. The molecule has 1 rings (SSSR count). The number of rotatable bonds is 9. The average molecular weight is 308 g/mol. The Bertz CT molecular complexity index is 504. The Labute approximate surface area is 131 Å². The predicted molar refractivity (Wildman–Crippen MR) is 84.4 cm³/mol. The van der Waals surface area contributed by atoms with Crippen molar-refractivity contribution in [2.75, 3.05) is 40.3 Å². The normalized spacial score (nSPS) is 10.7. The molecule has 122 valence electrons. The number of quaternary nitrogens is 1. The zero-order chi connectivity index (χ0) is 16.5. The predicted octanol–water partition coefficient (Wildman–Crippen LogP) is -1.74. The number of nitrogens with two attached hydrogens (primary N) is 1. The third kappa shape index (κ3) is 6.19. The SMILES string of the molecule is CCN(CC[NH+](C)C)C(=O)CNCc1cc(C(N)=O)ccn1. The summed E-state index contributed by atoms with van der Waals surface area (Å²) in [4.78, 5) is 30.5. The Morgan fingerprint density at radius 3 is 2.73 bits per heavy atom. The number of aromatic nitrogens is 1. The Morgan fingerprint density at radius 1 is 1.41 bits per heavy atom. The van der Waals surface area contributed by atoms with Gasteiger partial charge in [0.05, 0.1) is 39.4 Å². The molecule has 0 bridgehead atoms. The quantitative estimate of drug-likeness (QED) is 0.505. The average Bonchev–Trinajstić information content (AvgIpc) is 2.48. The van der Waals surface area contributed by atoms with Gasteiger partial charge in [0.15, 0.2) is 0 Å². The van der Waals surface area contributed by atoms with Crippen molar-refractivity contribution >= 4 is 11.8 Å². The van der Waals surface area contributed by atoms with Crippen LogP contribution in [-0.2, 0) is 11.3 Å². The summed E-state index contributed by atoms with van der Waals surface area (Å²) in [6.07, 6.45) is 1.54. The summed E-state index contributed by atoms with van der Waals surface area (Å²) in [6, 6.07) is 3.20. The Hall–Kier alpha value is -1.99. The van der Waals surface area contributed by atoms with Crippen molar-refractivity contribution in [2.45, 2.75) is 13.5 Å². The van der Waals surface area contributed by atoms with Crippen LogP contribution >= 0.6 is 0 Å². The van der Waals surface area contributed by atoms with Gasteiger partial charge in [0, 0.05) is 24.8 Å². The lowest BCUT2D eigenvalue weighted by Gasteiger charge is -2.21.